The molecule has 1 N–H and O–H groups in total. The van der Waals surface area contributed by atoms with Crippen LogP contribution in [0.4, 0.5) is 0 Å². The van der Waals surface area contributed by atoms with Crippen LogP contribution in [0.15, 0.2) is 0 Å². The largest absolute Gasteiger partial charge is 0.480 e. The zero-order chi connectivity index (χ0) is 12.3. The van der Waals surface area contributed by atoms with Crippen molar-refractivity contribution in [1.82, 2.24) is 4.90 Å². The molecule has 0 spiro atoms. The Morgan fingerprint density at radius 2 is 2.06 bits per heavy atom. The highest BCUT2D eigenvalue weighted by Gasteiger charge is 2.43. The lowest BCUT2D eigenvalue weighted by Gasteiger charge is -2.51. The first-order valence-corrected chi connectivity index (χ1v) is 5.98. The molecule has 1 atom stereocenters. The van der Waals surface area contributed by atoms with Gasteiger partial charge in [0.25, 0.3) is 0 Å². The first-order valence-electron chi connectivity index (χ1n) is 5.98. The number of carboxylic acids is 1. The Hall–Kier alpha value is -0.610. The standard InChI is InChI=1S/C12H23NO3/c1-5-10(9(2)3)13-7-12(4,8-13)16-6-11(14)15/h9-10H,5-8H2,1-4H3,(H,14,15). The molecule has 1 aliphatic heterocycles. The lowest BCUT2D eigenvalue weighted by atomic mass is 9.89. The molecular formula is C12H23NO3. The minimum atomic E-state index is -0.893. The highest BCUT2D eigenvalue weighted by atomic mass is 16.5. The number of carbonyl (C=O) groups is 1. The van der Waals surface area contributed by atoms with Crippen molar-refractivity contribution in [2.45, 2.75) is 45.8 Å². The molecule has 0 aromatic heterocycles. The number of rotatable bonds is 6. The molecule has 0 aromatic rings. The Morgan fingerprint density at radius 1 is 1.50 bits per heavy atom. The predicted molar refractivity (Wildman–Crippen MR) is 62.5 cm³/mol. The number of hydrogen-bond acceptors (Lipinski definition) is 3. The second-order valence-electron chi connectivity index (χ2n) is 5.26. The summed E-state index contributed by atoms with van der Waals surface area (Å²) in [4.78, 5) is 12.8. The zero-order valence-corrected chi connectivity index (χ0v) is 10.7. The van der Waals surface area contributed by atoms with E-state index in [0.29, 0.717) is 12.0 Å². The minimum Gasteiger partial charge on any atom is -0.480 e. The average molecular weight is 229 g/mol. The van der Waals surface area contributed by atoms with Gasteiger partial charge in [0.05, 0.1) is 5.60 Å². The van der Waals surface area contributed by atoms with Crippen molar-refractivity contribution in [3.05, 3.63) is 0 Å². The summed E-state index contributed by atoms with van der Waals surface area (Å²) >= 11 is 0. The van der Waals surface area contributed by atoms with E-state index in [4.69, 9.17) is 9.84 Å². The number of nitrogens with zero attached hydrogens (tertiary/aromatic N) is 1. The van der Waals surface area contributed by atoms with Gasteiger partial charge >= 0.3 is 5.97 Å². The first kappa shape index (κ1) is 13.5. The average Bonchev–Trinajstić information content (AvgIpc) is 2.12. The lowest BCUT2D eigenvalue weighted by molar-refractivity contribution is -0.171. The van der Waals surface area contributed by atoms with Crippen LogP contribution in [0.2, 0.25) is 0 Å². The SMILES string of the molecule is CCC(C(C)C)N1CC(C)(OCC(=O)O)C1. The van der Waals surface area contributed by atoms with E-state index in [1.807, 2.05) is 6.92 Å². The fourth-order valence-electron chi connectivity index (χ4n) is 2.53. The molecule has 1 unspecified atom stereocenters. The molecule has 0 aliphatic carbocycles. The Labute approximate surface area is 97.6 Å². The molecule has 4 heteroatoms. The first-order chi connectivity index (χ1) is 7.38. The summed E-state index contributed by atoms with van der Waals surface area (Å²) in [5.74, 6) is -0.260. The number of ether oxygens (including phenoxy) is 1. The van der Waals surface area contributed by atoms with E-state index in [-0.39, 0.29) is 12.2 Å². The van der Waals surface area contributed by atoms with Crippen LogP contribution in [0.25, 0.3) is 0 Å². The topological polar surface area (TPSA) is 49.8 Å². The van der Waals surface area contributed by atoms with Crippen molar-refractivity contribution >= 4 is 5.97 Å². The summed E-state index contributed by atoms with van der Waals surface area (Å²) in [6.45, 7) is 10.1. The van der Waals surface area contributed by atoms with Crippen molar-refractivity contribution in [2.75, 3.05) is 19.7 Å². The smallest absolute Gasteiger partial charge is 0.329 e. The molecule has 0 bridgehead atoms. The minimum absolute atomic E-state index is 0.192. The maximum Gasteiger partial charge on any atom is 0.329 e. The molecular weight excluding hydrogens is 206 g/mol. The fraction of sp³-hybridized carbons (Fsp3) is 0.917. The van der Waals surface area contributed by atoms with E-state index in [1.165, 1.54) is 0 Å². The van der Waals surface area contributed by atoms with Gasteiger partial charge in [-0.25, -0.2) is 4.79 Å². The van der Waals surface area contributed by atoms with Gasteiger partial charge in [0.2, 0.25) is 0 Å². The van der Waals surface area contributed by atoms with E-state index in [2.05, 4.69) is 25.7 Å². The van der Waals surface area contributed by atoms with Crippen LogP contribution in [-0.4, -0.2) is 47.3 Å². The molecule has 0 aromatic carbocycles. The van der Waals surface area contributed by atoms with Crippen molar-refractivity contribution in [3.63, 3.8) is 0 Å². The van der Waals surface area contributed by atoms with E-state index >= 15 is 0 Å². The molecule has 0 saturated carbocycles. The summed E-state index contributed by atoms with van der Waals surface area (Å²) in [6.07, 6.45) is 1.13. The van der Waals surface area contributed by atoms with E-state index < -0.39 is 5.97 Å². The van der Waals surface area contributed by atoms with Crippen LogP contribution in [0.5, 0.6) is 0 Å². The van der Waals surface area contributed by atoms with Gasteiger partial charge in [0, 0.05) is 19.1 Å². The second-order valence-corrected chi connectivity index (χ2v) is 5.26. The Morgan fingerprint density at radius 3 is 2.44 bits per heavy atom. The van der Waals surface area contributed by atoms with Gasteiger partial charge in [-0.1, -0.05) is 20.8 Å². The van der Waals surface area contributed by atoms with Gasteiger partial charge in [-0.2, -0.15) is 0 Å². The molecule has 94 valence electrons. The molecule has 1 heterocycles. The molecule has 0 radical (unpaired) electrons. The quantitative estimate of drug-likeness (QED) is 0.751. The summed E-state index contributed by atoms with van der Waals surface area (Å²) in [6, 6.07) is 0.585. The van der Waals surface area contributed by atoms with Crippen molar-refractivity contribution < 1.29 is 14.6 Å². The molecule has 1 aliphatic rings. The molecule has 16 heavy (non-hydrogen) atoms. The van der Waals surface area contributed by atoms with Gasteiger partial charge in [-0.05, 0) is 19.3 Å². The van der Waals surface area contributed by atoms with Crippen LogP contribution >= 0.6 is 0 Å². The van der Waals surface area contributed by atoms with Crippen LogP contribution in [0, 0.1) is 5.92 Å². The number of likely N-dealkylation sites (tertiary alicyclic amines) is 1. The van der Waals surface area contributed by atoms with Crippen LogP contribution in [-0.2, 0) is 9.53 Å². The number of hydrogen-bond donors (Lipinski definition) is 1. The van der Waals surface area contributed by atoms with Crippen molar-refractivity contribution in [2.24, 2.45) is 5.92 Å². The van der Waals surface area contributed by atoms with E-state index in [1.54, 1.807) is 0 Å². The number of aliphatic carboxylic acids is 1. The Balaban J connectivity index is 2.37. The number of carboxylic acid groups (broad SMARTS) is 1. The zero-order valence-electron chi connectivity index (χ0n) is 10.7. The van der Waals surface area contributed by atoms with Gasteiger partial charge in [-0.15, -0.1) is 0 Å². The van der Waals surface area contributed by atoms with Crippen LogP contribution in [0.3, 0.4) is 0 Å². The lowest BCUT2D eigenvalue weighted by Crippen LogP contribution is -2.65. The third-order valence-electron chi connectivity index (χ3n) is 3.28. The molecule has 1 rings (SSSR count). The Bertz CT molecular complexity index is 247. The third kappa shape index (κ3) is 3.19. The maximum atomic E-state index is 10.4. The Kier molecular flexibility index (Phi) is 4.33. The van der Waals surface area contributed by atoms with E-state index in [0.717, 1.165) is 19.5 Å². The normalized spacial score (nSPS) is 21.8. The van der Waals surface area contributed by atoms with Gasteiger partial charge in [0.1, 0.15) is 6.61 Å². The van der Waals surface area contributed by atoms with Crippen LogP contribution < -0.4 is 0 Å². The second kappa shape index (κ2) is 5.15. The summed E-state index contributed by atoms with van der Waals surface area (Å²) in [5, 5.41) is 8.57. The summed E-state index contributed by atoms with van der Waals surface area (Å²) < 4.78 is 5.39. The fourth-order valence-corrected chi connectivity index (χ4v) is 2.53. The highest BCUT2D eigenvalue weighted by Crippen LogP contribution is 2.30. The third-order valence-corrected chi connectivity index (χ3v) is 3.28. The molecule has 0 amide bonds. The van der Waals surface area contributed by atoms with Crippen molar-refractivity contribution in [1.29, 1.82) is 0 Å². The van der Waals surface area contributed by atoms with Crippen molar-refractivity contribution in [3.8, 4) is 0 Å². The molecule has 4 nitrogen and oxygen atoms in total. The summed E-state index contributed by atoms with van der Waals surface area (Å²) in [7, 11) is 0. The van der Waals surface area contributed by atoms with Crippen LogP contribution in [0.1, 0.15) is 34.1 Å². The monoisotopic (exact) mass is 229 g/mol. The maximum absolute atomic E-state index is 10.4. The van der Waals surface area contributed by atoms with E-state index in [9.17, 15) is 4.79 Å². The highest BCUT2D eigenvalue weighted by molar-refractivity contribution is 5.68. The molecule has 1 saturated heterocycles. The predicted octanol–water partition coefficient (Wildman–Crippen LogP) is 1.60. The summed E-state index contributed by atoms with van der Waals surface area (Å²) in [5.41, 5.74) is -0.263. The van der Waals surface area contributed by atoms with Gasteiger partial charge in [0.15, 0.2) is 0 Å². The van der Waals surface area contributed by atoms with Gasteiger partial charge < -0.3 is 9.84 Å². The molecule has 1 fully saturated rings. The van der Waals surface area contributed by atoms with Gasteiger partial charge in [-0.3, -0.25) is 4.90 Å².